The Labute approximate surface area is 142 Å². The van der Waals surface area contributed by atoms with Gasteiger partial charge in [-0.3, -0.25) is 14.3 Å². The lowest BCUT2D eigenvalue weighted by atomic mass is 9.92. The van der Waals surface area contributed by atoms with Crippen molar-refractivity contribution in [3.63, 3.8) is 0 Å². The molecule has 1 saturated heterocycles. The summed E-state index contributed by atoms with van der Waals surface area (Å²) in [4.78, 5) is 25.5. The van der Waals surface area contributed by atoms with Crippen molar-refractivity contribution in [1.29, 1.82) is 0 Å². The van der Waals surface area contributed by atoms with Crippen LogP contribution >= 0.6 is 12.4 Å². The zero-order chi connectivity index (χ0) is 15.7. The predicted molar refractivity (Wildman–Crippen MR) is 89.4 cm³/mol. The number of carbonyl (C=O) groups is 2. The van der Waals surface area contributed by atoms with Crippen molar-refractivity contribution in [2.75, 3.05) is 32.5 Å². The van der Waals surface area contributed by atoms with Crippen LogP contribution in [0.4, 0.5) is 5.69 Å². The molecule has 2 aliphatic rings. The molecule has 0 bridgehead atoms. The molecule has 1 atom stereocenters. The molecule has 2 heterocycles. The number of nitrogens with zero attached hydrogens (tertiary/aromatic N) is 3. The molecular weight excluding hydrogens is 318 g/mol. The van der Waals surface area contributed by atoms with Gasteiger partial charge in [0.1, 0.15) is 6.54 Å². The van der Waals surface area contributed by atoms with Crippen LogP contribution in [0.3, 0.4) is 0 Å². The topological polar surface area (TPSA) is 79.3 Å². The average Bonchev–Trinajstić information content (AvgIpc) is 2.99. The third kappa shape index (κ3) is 3.84. The molecule has 1 aromatic heterocycles. The second kappa shape index (κ2) is 6.88. The lowest BCUT2D eigenvalue weighted by molar-refractivity contribution is -0.129. The maximum absolute atomic E-state index is 12.3. The van der Waals surface area contributed by atoms with Gasteiger partial charge in [-0.15, -0.1) is 12.4 Å². The summed E-state index contributed by atoms with van der Waals surface area (Å²) in [5.41, 5.74) is 0.888. The van der Waals surface area contributed by atoms with Gasteiger partial charge in [0, 0.05) is 26.2 Å². The molecule has 0 radical (unpaired) electrons. The van der Waals surface area contributed by atoms with E-state index in [-0.39, 0.29) is 42.1 Å². The van der Waals surface area contributed by atoms with E-state index in [1.807, 2.05) is 0 Å². The molecular formula is C15H24ClN5O2. The van der Waals surface area contributed by atoms with E-state index in [9.17, 15) is 9.59 Å². The molecule has 23 heavy (non-hydrogen) atoms. The third-order valence-corrected chi connectivity index (χ3v) is 4.80. The smallest absolute Gasteiger partial charge is 0.243 e. The van der Waals surface area contributed by atoms with Crippen LogP contribution in [-0.4, -0.2) is 53.7 Å². The molecule has 2 N–H and O–H groups in total. The summed E-state index contributed by atoms with van der Waals surface area (Å²) in [5.74, 6) is 0.179. The number of nitrogens with one attached hydrogen (secondary N) is 2. The van der Waals surface area contributed by atoms with Crippen molar-refractivity contribution in [3.8, 4) is 0 Å². The molecule has 7 nitrogen and oxygen atoms in total. The highest BCUT2D eigenvalue weighted by Crippen LogP contribution is 2.58. The number of anilines is 1. The quantitative estimate of drug-likeness (QED) is 0.846. The number of aromatic nitrogens is 2. The Morgan fingerprint density at radius 3 is 2.78 bits per heavy atom. The van der Waals surface area contributed by atoms with Gasteiger partial charge in [0.05, 0.1) is 11.9 Å². The third-order valence-electron chi connectivity index (χ3n) is 4.80. The summed E-state index contributed by atoms with van der Waals surface area (Å²) in [6.07, 6.45) is 6.46. The lowest BCUT2D eigenvalue weighted by Gasteiger charge is -2.23. The van der Waals surface area contributed by atoms with E-state index < -0.39 is 0 Å². The minimum Gasteiger partial charge on any atom is -0.347 e. The first-order chi connectivity index (χ1) is 10.5. The fraction of sp³-hybridized carbons (Fsp3) is 0.667. The molecule has 1 aliphatic heterocycles. The van der Waals surface area contributed by atoms with Gasteiger partial charge in [0.2, 0.25) is 11.8 Å². The number of rotatable bonds is 4. The number of halogens is 1. The monoisotopic (exact) mass is 341 g/mol. The van der Waals surface area contributed by atoms with Gasteiger partial charge in [-0.25, -0.2) is 0 Å². The van der Waals surface area contributed by atoms with Gasteiger partial charge >= 0.3 is 0 Å². The van der Waals surface area contributed by atoms with E-state index in [0.29, 0.717) is 5.69 Å². The summed E-state index contributed by atoms with van der Waals surface area (Å²) in [5, 5.41) is 10.4. The zero-order valence-corrected chi connectivity index (χ0v) is 14.4. The first-order valence-corrected chi connectivity index (χ1v) is 7.74. The highest BCUT2D eigenvalue weighted by Gasteiger charge is 2.57. The summed E-state index contributed by atoms with van der Waals surface area (Å²) in [6.45, 7) is 2.20. The van der Waals surface area contributed by atoms with Crippen molar-refractivity contribution in [2.45, 2.75) is 25.8 Å². The Hall–Kier alpha value is -1.60. The fourth-order valence-electron chi connectivity index (χ4n) is 3.22. The minimum absolute atomic E-state index is 0. The van der Waals surface area contributed by atoms with Gasteiger partial charge in [-0.2, -0.15) is 5.10 Å². The van der Waals surface area contributed by atoms with E-state index in [1.165, 1.54) is 4.90 Å². The van der Waals surface area contributed by atoms with Crippen LogP contribution in [0.25, 0.3) is 0 Å². The van der Waals surface area contributed by atoms with Crippen molar-refractivity contribution in [3.05, 3.63) is 12.4 Å². The Bertz CT molecular complexity index is 580. The number of piperidine rings is 1. The maximum Gasteiger partial charge on any atom is 0.243 e. The zero-order valence-electron chi connectivity index (χ0n) is 13.5. The molecule has 2 fully saturated rings. The van der Waals surface area contributed by atoms with Crippen molar-refractivity contribution >= 4 is 29.9 Å². The Balaban J connectivity index is 0.00000192. The second-order valence-electron chi connectivity index (χ2n) is 6.57. The number of likely N-dealkylation sites (N-methyl/N-ethyl adjacent to an activating group) is 1. The van der Waals surface area contributed by atoms with Gasteiger partial charge < -0.3 is 15.5 Å². The van der Waals surface area contributed by atoms with Crippen LogP contribution in [0.5, 0.6) is 0 Å². The Morgan fingerprint density at radius 2 is 2.13 bits per heavy atom. The van der Waals surface area contributed by atoms with Gasteiger partial charge in [-0.05, 0) is 37.8 Å². The number of hydrogen-bond donors (Lipinski definition) is 2. The number of carbonyl (C=O) groups excluding carboxylic acids is 2. The van der Waals surface area contributed by atoms with Crippen LogP contribution in [-0.2, 0) is 16.1 Å². The van der Waals surface area contributed by atoms with Crippen LogP contribution in [0.2, 0.25) is 0 Å². The van der Waals surface area contributed by atoms with Crippen molar-refractivity contribution < 1.29 is 9.59 Å². The molecule has 1 aliphatic carbocycles. The molecule has 3 rings (SSSR count). The lowest BCUT2D eigenvalue weighted by Crippen LogP contribution is -2.31. The normalized spacial score (nSPS) is 21.4. The van der Waals surface area contributed by atoms with Crippen molar-refractivity contribution in [2.24, 2.45) is 11.3 Å². The molecule has 128 valence electrons. The van der Waals surface area contributed by atoms with Crippen molar-refractivity contribution in [1.82, 2.24) is 20.0 Å². The van der Waals surface area contributed by atoms with Crippen LogP contribution < -0.4 is 10.6 Å². The molecule has 1 aromatic rings. The van der Waals surface area contributed by atoms with Gasteiger partial charge in [0.25, 0.3) is 0 Å². The molecule has 1 spiro atoms. The largest absolute Gasteiger partial charge is 0.347 e. The summed E-state index contributed by atoms with van der Waals surface area (Å²) in [6, 6.07) is 0. The van der Waals surface area contributed by atoms with E-state index in [2.05, 4.69) is 15.7 Å². The van der Waals surface area contributed by atoms with E-state index in [0.717, 1.165) is 32.4 Å². The van der Waals surface area contributed by atoms with Gasteiger partial charge in [0.15, 0.2) is 0 Å². The Morgan fingerprint density at radius 1 is 1.43 bits per heavy atom. The Kier molecular flexibility index (Phi) is 5.31. The SMILES string of the molecule is CN(C)C(=O)Cn1cc(NC(=O)C2CC23CCNCC3)cn1.Cl. The second-order valence-corrected chi connectivity index (χ2v) is 6.57. The first-order valence-electron chi connectivity index (χ1n) is 7.74. The highest BCUT2D eigenvalue weighted by atomic mass is 35.5. The van der Waals surface area contributed by atoms with Crippen LogP contribution in [0, 0.1) is 11.3 Å². The molecule has 1 saturated carbocycles. The van der Waals surface area contributed by atoms with Gasteiger partial charge in [-0.1, -0.05) is 0 Å². The number of amides is 2. The average molecular weight is 342 g/mol. The molecule has 1 unspecified atom stereocenters. The molecule has 2 amide bonds. The van der Waals surface area contributed by atoms with Crippen LogP contribution in [0.1, 0.15) is 19.3 Å². The predicted octanol–water partition coefficient (Wildman–Crippen LogP) is 0.721. The standard InChI is InChI=1S/C15H23N5O2.ClH/c1-19(2)13(21)10-20-9-11(8-17-20)18-14(22)12-7-15(12)3-5-16-6-4-15;/h8-9,12,16H,3-7,10H2,1-2H3,(H,18,22);1H. The summed E-state index contributed by atoms with van der Waals surface area (Å²) < 4.78 is 1.55. The summed E-state index contributed by atoms with van der Waals surface area (Å²) >= 11 is 0. The van der Waals surface area contributed by atoms with Crippen LogP contribution in [0.15, 0.2) is 12.4 Å². The fourth-order valence-corrected chi connectivity index (χ4v) is 3.22. The highest BCUT2D eigenvalue weighted by molar-refractivity contribution is 5.95. The summed E-state index contributed by atoms with van der Waals surface area (Å²) in [7, 11) is 3.42. The minimum atomic E-state index is -0.0307. The number of hydrogen-bond acceptors (Lipinski definition) is 4. The van der Waals surface area contributed by atoms with E-state index in [1.54, 1.807) is 31.2 Å². The molecule has 0 aromatic carbocycles. The van der Waals surface area contributed by atoms with E-state index in [4.69, 9.17) is 0 Å². The maximum atomic E-state index is 12.3. The molecule has 8 heteroatoms. The van der Waals surface area contributed by atoms with E-state index >= 15 is 0 Å². The first kappa shape index (κ1) is 17.7.